The van der Waals surface area contributed by atoms with E-state index in [9.17, 15) is 9.59 Å². The Morgan fingerprint density at radius 3 is 2.30 bits per heavy atom. The van der Waals surface area contributed by atoms with Gasteiger partial charge in [-0.1, -0.05) is 37.1 Å². The van der Waals surface area contributed by atoms with Crippen LogP contribution in [0.3, 0.4) is 0 Å². The van der Waals surface area contributed by atoms with Crippen LogP contribution in [0.2, 0.25) is 0 Å². The first kappa shape index (κ1) is 20.5. The highest BCUT2D eigenvalue weighted by Gasteiger charge is 2.29. The van der Waals surface area contributed by atoms with Crippen molar-refractivity contribution < 1.29 is 14.3 Å². The molecule has 1 N–H and O–H groups in total. The van der Waals surface area contributed by atoms with Crippen molar-refractivity contribution in [2.75, 3.05) is 20.2 Å². The molecule has 30 heavy (non-hydrogen) atoms. The number of carbonyl (C=O) groups excluding carboxylic acids is 2. The van der Waals surface area contributed by atoms with Gasteiger partial charge in [-0.25, -0.2) is 0 Å². The van der Waals surface area contributed by atoms with Crippen molar-refractivity contribution >= 4 is 11.8 Å². The van der Waals surface area contributed by atoms with Gasteiger partial charge in [0.15, 0.2) is 0 Å². The van der Waals surface area contributed by atoms with E-state index in [1.54, 1.807) is 7.11 Å². The van der Waals surface area contributed by atoms with E-state index in [1.165, 1.54) is 12.8 Å². The van der Waals surface area contributed by atoms with Crippen molar-refractivity contribution in [3.8, 4) is 16.9 Å². The maximum absolute atomic E-state index is 12.9. The molecule has 2 aromatic rings. The van der Waals surface area contributed by atoms with Crippen molar-refractivity contribution in [2.45, 2.75) is 44.6 Å². The summed E-state index contributed by atoms with van der Waals surface area (Å²) in [4.78, 5) is 27.3. The van der Waals surface area contributed by atoms with Crippen LogP contribution in [0.5, 0.6) is 5.75 Å². The molecule has 2 aromatic carbocycles. The van der Waals surface area contributed by atoms with Gasteiger partial charge < -0.3 is 15.0 Å². The Hall–Kier alpha value is -2.82. The molecule has 0 aromatic heterocycles. The second-order valence-corrected chi connectivity index (χ2v) is 8.37. The van der Waals surface area contributed by atoms with Gasteiger partial charge in [-0.15, -0.1) is 0 Å². The van der Waals surface area contributed by atoms with E-state index >= 15 is 0 Å². The van der Waals surface area contributed by atoms with Gasteiger partial charge in [0.05, 0.1) is 7.11 Å². The number of carbonyl (C=O) groups is 2. The number of likely N-dealkylation sites (tertiary alicyclic amines) is 1. The summed E-state index contributed by atoms with van der Waals surface area (Å²) in [7, 11) is 1.66. The fourth-order valence-corrected chi connectivity index (χ4v) is 4.52. The molecule has 2 fully saturated rings. The largest absolute Gasteiger partial charge is 0.497 e. The van der Waals surface area contributed by atoms with Gasteiger partial charge in [0.2, 0.25) is 5.91 Å². The van der Waals surface area contributed by atoms with E-state index < -0.39 is 0 Å². The molecule has 0 spiro atoms. The number of benzene rings is 2. The lowest BCUT2D eigenvalue weighted by atomic mass is 9.94. The number of nitrogens with zero attached hydrogens (tertiary/aromatic N) is 1. The number of ether oxygens (including phenoxy) is 1. The molecule has 0 unspecified atom stereocenters. The third-order valence-corrected chi connectivity index (χ3v) is 6.39. The number of amides is 2. The Morgan fingerprint density at radius 1 is 0.933 bits per heavy atom. The van der Waals surface area contributed by atoms with Crippen LogP contribution in [-0.2, 0) is 4.79 Å². The van der Waals surface area contributed by atoms with Crippen LogP contribution in [0, 0.1) is 5.92 Å². The number of rotatable bonds is 5. The molecule has 1 aliphatic carbocycles. The zero-order valence-electron chi connectivity index (χ0n) is 17.6. The summed E-state index contributed by atoms with van der Waals surface area (Å²) in [6.07, 6.45) is 6.13. The molecule has 5 nitrogen and oxygen atoms in total. The average molecular weight is 407 g/mol. The SMILES string of the molecule is COc1cccc(-c2ccc(C(=O)N3CCC(C(=O)NC4CCCC4)CC3)cc2)c1. The Bertz CT molecular complexity index is 880. The summed E-state index contributed by atoms with van der Waals surface area (Å²) in [6.45, 7) is 1.28. The second-order valence-electron chi connectivity index (χ2n) is 8.37. The molecule has 5 heteroatoms. The summed E-state index contributed by atoms with van der Waals surface area (Å²) in [6, 6.07) is 16.0. The molecule has 2 amide bonds. The highest BCUT2D eigenvalue weighted by molar-refractivity contribution is 5.95. The van der Waals surface area contributed by atoms with Crippen LogP contribution in [0.4, 0.5) is 0 Å². The fourth-order valence-electron chi connectivity index (χ4n) is 4.52. The second kappa shape index (κ2) is 9.33. The lowest BCUT2D eigenvalue weighted by Gasteiger charge is -2.32. The first-order chi connectivity index (χ1) is 14.6. The van der Waals surface area contributed by atoms with Crippen LogP contribution < -0.4 is 10.1 Å². The van der Waals surface area contributed by atoms with Gasteiger partial charge in [-0.2, -0.15) is 0 Å². The summed E-state index contributed by atoms with van der Waals surface area (Å²) < 4.78 is 5.29. The number of hydrogen-bond donors (Lipinski definition) is 1. The number of hydrogen-bond acceptors (Lipinski definition) is 3. The molecule has 1 saturated heterocycles. The summed E-state index contributed by atoms with van der Waals surface area (Å²) in [5.41, 5.74) is 2.80. The molecule has 1 aliphatic heterocycles. The van der Waals surface area contributed by atoms with Crippen LogP contribution in [0.25, 0.3) is 11.1 Å². The quantitative estimate of drug-likeness (QED) is 0.807. The van der Waals surface area contributed by atoms with E-state index in [2.05, 4.69) is 5.32 Å². The zero-order chi connectivity index (χ0) is 20.9. The van der Waals surface area contributed by atoms with Crippen molar-refractivity contribution in [1.29, 1.82) is 0 Å². The monoisotopic (exact) mass is 406 g/mol. The van der Waals surface area contributed by atoms with Crippen molar-refractivity contribution in [1.82, 2.24) is 10.2 Å². The first-order valence-corrected chi connectivity index (χ1v) is 11.0. The Labute approximate surface area is 178 Å². The summed E-state index contributed by atoms with van der Waals surface area (Å²) in [5, 5.41) is 3.20. The third kappa shape index (κ3) is 4.66. The highest BCUT2D eigenvalue weighted by atomic mass is 16.5. The van der Waals surface area contributed by atoms with Gasteiger partial charge in [0.1, 0.15) is 5.75 Å². The average Bonchev–Trinajstić information content (AvgIpc) is 3.32. The van der Waals surface area contributed by atoms with E-state index in [-0.39, 0.29) is 17.7 Å². The predicted octanol–water partition coefficient (Wildman–Crippen LogP) is 4.27. The molecule has 4 rings (SSSR count). The zero-order valence-corrected chi connectivity index (χ0v) is 17.6. The smallest absolute Gasteiger partial charge is 0.253 e. The minimum Gasteiger partial charge on any atom is -0.497 e. The van der Waals surface area contributed by atoms with Crippen LogP contribution >= 0.6 is 0 Å². The highest BCUT2D eigenvalue weighted by Crippen LogP contribution is 2.26. The third-order valence-electron chi connectivity index (χ3n) is 6.39. The Balaban J connectivity index is 1.33. The number of methoxy groups -OCH3 is 1. The maximum Gasteiger partial charge on any atom is 0.253 e. The normalized spacial score (nSPS) is 17.7. The van der Waals surface area contributed by atoms with Crippen molar-refractivity contribution in [2.24, 2.45) is 5.92 Å². The molecular weight excluding hydrogens is 376 g/mol. The maximum atomic E-state index is 12.9. The number of piperidine rings is 1. The summed E-state index contributed by atoms with van der Waals surface area (Å²) >= 11 is 0. The van der Waals surface area contributed by atoms with Gasteiger partial charge >= 0.3 is 0 Å². The van der Waals surface area contributed by atoms with Gasteiger partial charge in [-0.3, -0.25) is 9.59 Å². The molecule has 158 valence electrons. The molecule has 0 atom stereocenters. The van der Waals surface area contributed by atoms with E-state index in [1.807, 2.05) is 53.4 Å². The van der Waals surface area contributed by atoms with Gasteiger partial charge in [0.25, 0.3) is 5.91 Å². The molecule has 0 bridgehead atoms. The van der Waals surface area contributed by atoms with E-state index in [0.29, 0.717) is 24.7 Å². The molecule has 1 saturated carbocycles. The molecular formula is C25H30N2O3. The van der Waals surface area contributed by atoms with E-state index in [0.717, 1.165) is 42.6 Å². The van der Waals surface area contributed by atoms with Crippen LogP contribution in [-0.4, -0.2) is 43.0 Å². The topological polar surface area (TPSA) is 58.6 Å². The van der Waals surface area contributed by atoms with Crippen molar-refractivity contribution in [3.05, 3.63) is 54.1 Å². The molecule has 1 heterocycles. The fraction of sp³-hybridized carbons (Fsp3) is 0.440. The van der Waals surface area contributed by atoms with E-state index in [4.69, 9.17) is 4.74 Å². The lowest BCUT2D eigenvalue weighted by Crippen LogP contribution is -2.44. The molecule has 2 aliphatic rings. The number of nitrogens with one attached hydrogen (secondary N) is 1. The Kier molecular flexibility index (Phi) is 6.36. The van der Waals surface area contributed by atoms with Gasteiger partial charge in [-0.05, 0) is 61.1 Å². The van der Waals surface area contributed by atoms with Crippen molar-refractivity contribution in [3.63, 3.8) is 0 Å². The summed E-state index contributed by atoms with van der Waals surface area (Å²) in [5.74, 6) is 1.07. The standard InChI is InChI=1S/C25H30N2O3/c1-30-23-8-4-5-21(17-23)18-9-11-20(12-10-18)25(29)27-15-13-19(14-16-27)24(28)26-22-6-2-3-7-22/h4-5,8-12,17,19,22H,2-3,6-7,13-16H2,1H3,(H,26,28). The van der Waals surface area contributed by atoms with Gasteiger partial charge in [0, 0.05) is 30.6 Å². The van der Waals surface area contributed by atoms with Crippen LogP contribution in [0.1, 0.15) is 48.9 Å². The minimum absolute atomic E-state index is 0.0325. The first-order valence-electron chi connectivity index (χ1n) is 11.0. The lowest BCUT2D eigenvalue weighted by molar-refractivity contribution is -0.127. The minimum atomic E-state index is 0.0325. The Morgan fingerprint density at radius 2 is 1.63 bits per heavy atom. The predicted molar refractivity (Wildman–Crippen MR) is 117 cm³/mol. The molecule has 0 radical (unpaired) electrons. The van der Waals surface area contributed by atoms with Crippen LogP contribution in [0.15, 0.2) is 48.5 Å².